The van der Waals surface area contributed by atoms with Gasteiger partial charge in [-0.25, -0.2) is 0 Å². The smallest absolute Gasteiger partial charge is 0.179 e. The van der Waals surface area contributed by atoms with Gasteiger partial charge in [-0.1, -0.05) is 0 Å². The molecule has 0 amide bonds. The molecule has 2 aromatic rings. The van der Waals surface area contributed by atoms with Crippen molar-refractivity contribution in [2.75, 3.05) is 0 Å². The summed E-state index contributed by atoms with van der Waals surface area (Å²) in [4.78, 5) is 0. The van der Waals surface area contributed by atoms with Crippen LogP contribution in [0.4, 0.5) is 0 Å². The van der Waals surface area contributed by atoms with Gasteiger partial charge >= 0.3 is 0 Å². The number of aromatic nitrogens is 6. The van der Waals surface area contributed by atoms with Crippen LogP contribution in [0.1, 0.15) is 18.8 Å². The zero-order chi connectivity index (χ0) is 10.1. The molecule has 0 aliphatic rings. The highest BCUT2D eigenvalue weighted by Gasteiger charge is 2.13. The van der Waals surface area contributed by atoms with Crippen LogP contribution in [0, 0.1) is 0 Å². The molecule has 0 bridgehead atoms. The average Bonchev–Trinajstić information content (AvgIpc) is 2.70. The number of nitrogens with two attached hydrogens (primary N) is 1. The van der Waals surface area contributed by atoms with Gasteiger partial charge in [-0.15, -0.1) is 5.10 Å². The minimum Gasteiger partial charge on any atom is -0.321 e. The molecule has 2 N–H and O–H groups in total. The summed E-state index contributed by atoms with van der Waals surface area (Å²) < 4.78 is 3.21. The number of hydrogen-bond acceptors (Lipinski definition) is 5. The summed E-state index contributed by atoms with van der Waals surface area (Å²) in [5.74, 6) is 1.27. The first kappa shape index (κ1) is 8.82. The topological polar surface area (TPSA) is 87.4 Å². The van der Waals surface area contributed by atoms with Crippen LogP contribution in [0.3, 0.4) is 0 Å². The van der Waals surface area contributed by atoms with Gasteiger partial charge in [0.2, 0.25) is 0 Å². The molecule has 7 nitrogen and oxygen atoms in total. The molecule has 0 aliphatic carbocycles. The Morgan fingerprint density at radius 3 is 2.86 bits per heavy atom. The lowest BCUT2D eigenvalue weighted by molar-refractivity contribution is 0.660. The Labute approximate surface area is 80.5 Å². The lowest BCUT2D eigenvalue weighted by atomic mass is 10.3. The molecule has 0 saturated heterocycles. The van der Waals surface area contributed by atoms with Crippen LogP contribution in [0.15, 0.2) is 12.3 Å². The fourth-order valence-corrected chi connectivity index (χ4v) is 1.16. The SMILES string of the molecule is CC(N)c1nnnn1-c1ccn(C)n1. The van der Waals surface area contributed by atoms with Gasteiger partial charge < -0.3 is 5.73 Å². The second kappa shape index (κ2) is 3.18. The van der Waals surface area contributed by atoms with Crippen LogP contribution in [-0.4, -0.2) is 30.0 Å². The van der Waals surface area contributed by atoms with Crippen molar-refractivity contribution >= 4 is 0 Å². The number of nitrogens with zero attached hydrogens (tertiary/aromatic N) is 6. The molecule has 0 aromatic carbocycles. The van der Waals surface area contributed by atoms with Crippen molar-refractivity contribution < 1.29 is 0 Å². The second-order valence-electron chi connectivity index (χ2n) is 3.09. The van der Waals surface area contributed by atoms with Crippen molar-refractivity contribution in [2.45, 2.75) is 13.0 Å². The van der Waals surface area contributed by atoms with Crippen LogP contribution >= 0.6 is 0 Å². The van der Waals surface area contributed by atoms with Crippen molar-refractivity contribution in [1.82, 2.24) is 30.0 Å². The molecule has 2 rings (SSSR count). The van der Waals surface area contributed by atoms with Crippen LogP contribution in [0.2, 0.25) is 0 Å². The maximum Gasteiger partial charge on any atom is 0.179 e. The van der Waals surface area contributed by atoms with E-state index in [1.807, 2.05) is 26.2 Å². The molecule has 0 fully saturated rings. The molecule has 14 heavy (non-hydrogen) atoms. The van der Waals surface area contributed by atoms with E-state index in [0.29, 0.717) is 11.6 Å². The summed E-state index contributed by atoms with van der Waals surface area (Å²) in [6, 6.07) is 1.61. The Morgan fingerprint density at radius 2 is 2.29 bits per heavy atom. The van der Waals surface area contributed by atoms with Crippen molar-refractivity contribution in [1.29, 1.82) is 0 Å². The van der Waals surface area contributed by atoms with E-state index >= 15 is 0 Å². The highest BCUT2D eigenvalue weighted by molar-refractivity contribution is 5.19. The second-order valence-corrected chi connectivity index (χ2v) is 3.09. The van der Waals surface area contributed by atoms with E-state index in [1.54, 1.807) is 4.68 Å². The van der Waals surface area contributed by atoms with E-state index in [1.165, 1.54) is 4.68 Å². The summed E-state index contributed by atoms with van der Waals surface area (Å²) >= 11 is 0. The number of tetrazole rings is 1. The monoisotopic (exact) mass is 193 g/mol. The van der Waals surface area contributed by atoms with Gasteiger partial charge in [-0.2, -0.15) is 9.78 Å². The molecule has 2 heterocycles. The summed E-state index contributed by atoms with van der Waals surface area (Å²) in [6.07, 6.45) is 1.82. The summed E-state index contributed by atoms with van der Waals surface area (Å²) in [5.41, 5.74) is 5.71. The number of rotatable bonds is 2. The van der Waals surface area contributed by atoms with Crippen LogP contribution in [0.25, 0.3) is 5.82 Å². The zero-order valence-electron chi connectivity index (χ0n) is 7.99. The summed E-state index contributed by atoms with van der Waals surface area (Å²) in [5, 5.41) is 15.4. The van der Waals surface area contributed by atoms with Gasteiger partial charge in [0, 0.05) is 19.3 Å². The Kier molecular flexibility index (Phi) is 2.01. The third kappa shape index (κ3) is 1.37. The van der Waals surface area contributed by atoms with Gasteiger partial charge in [-0.3, -0.25) is 4.68 Å². The largest absolute Gasteiger partial charge is 0.321 e. The van der Waals surface area contributed by atoms with E-state index < -0.39 is 0 Å². The fraction of sp³-hybridized carbons (Fsp3) is 0.429. The van der Waals surface area contributed by atoms with Crippen molar-refractivity contribution in [3.8, 4) is 5.82 Å². The molecule has 2 aromatic heterocycles. The highest BCUT2D eigenvalue weighted by atomic mass is 15.6. The Morgan fingerprint density at radius 1 is 1.50 bits per heavy atom. The van der Waals surface area contributed by atoms with Crippen molar-refractivity contribution in [3.63, 3.8) is 0 Å². The Balaban J connectivity index is 2.46. The maximum absolute atomic E-state index is 5.71. The molecule has 0 radical (unpaired) electrons. The number of aryl methyl sites for hydroxylation is 1. The fourth-order valence-electron chi connectivity index (χ4n) is 1.16. The van der Waals surface area contributed by atoms with E-state index in [9.17, 15) is 0 Å². The normalized spacial score (nSPS) is 13.1. The Hall–Kier alpha value is -1.76. The molecule has 0 aliphatic heterocycles. The van der Waals surface area contributed by atoms with Gasteiger partial charge in [0.25, 0.3) is 0 Å². The van der Waals surface area contributed by atoms with E-state index in [0.717, 1.165) is 0 Å². The maximum atomic E-state index is 5.71. The van der Waals surface area contributed by atoms with Crippen molar-refractivity contribution in [3.05, 3.63) is 18.1 Å². The molecular weight excluding hydrogens is 182 g/mol. The number of hydrogen-bond donors (Lipinski definition) is 1. The van der Waals surface area contributed by atoms with Crippen LogP contribution in [0.5, 0.6) is 0 Å². The third-order valence-electron chi connectivity index (χ3n) is 1.82. The molecule has 0 spiro atoms. The predicted molar refractivity (Wildman–Crippen MR) is 48.5 cm³/mol. The molecule has 74 valence electrons. The summed E-state index contributed by atoms with van der Waals surface area (Å²) in [6.45, 7) is 1.82. The first-order valence-electron chi connectivity index (χ1n) is 4.22. The first-order chi connectivity index (χ1) is 6.68. The van der Waals surface area contributed by atoms with E-state index in [-0.39, 0.29) is 6.04 Å². The van der Waals surface area contributed by atoms with Gasteiger partial charge in [0.1, 0.15) is 0 Å². The molecule has 1 unspecified atom stereocenters. The Bertz CT molecular complexity index is 427. The lowest BCUT2D eigenvalue weighted by Crippen LogP contribution is -2.13. The lowest BCUT2D eigenvalue weighted by Gasteiger charge is -2.02. The van der Waals surface area contributed by atoms with Crippen molar-refractivity contribution in [2.24, 2.45) is 12.8 Å². The average molecular weight is 193 g/mol. The standard InChI is InChI=1S/C7H11N7/c1-5(8)7-9-11-12-14(7)6-3-4-13(2)10-6/h3-5H,8H2,1-2H3. The third-order valence-corrected chi connectivity index (χ3v) is 1.82. The highest BCUT2D eigenvalue weighted by Crippen LogP contribution is 2.09. The van der Waals surface area contributed by atoms with Crippen LogP contribution in [-0.2, 0) is 7.05 Å². The van der Waals surface area contributed by atoms with Crippen LogP contribution < -0.4 is 5.73 Å². The molecule has 1 atom stereocenters. The molecule has 7 heteroatoms. The first-order valence-corrected chi connectivity index (χ1v) is 4.22. The van der Waals surface area contributed by atoms with E-state index in [2.05, 4.69) is 20.6 Å². The predicted octanol–water partition coefficient (Wildman–Crippen LogP) is -0.585. The van der Waals surface area contributed by atoms with Gasteiger partial charge in [0.05, 0.1) is 6.04 Å². The molecule has 0 saturated carbocycles. The molecular formula is C7H11N7. The quantitative estimate of drug-likeness (QED) is 0.689. The minimum absolute atomic E-state index is 0.216. The minimum atomic E-state index is -0.216. The zero-order valence-corrected chi connectivity index (χ0v) is 7.99. The van der Waals surface area contributed by atoms with Gasteiger partial charge in [-0.05, 0) is 17.4 Å². The summed E-state index contributed by atoms with van der Waals surface area (Å²) in [7, 11) is 1.83. The van der Waals surface area contributed by atoms with Gasteiger partial charge in [0.15, 0.2) is 11.6 Å². The van der Waals surface area contributed by atoms with E-state index in [4.69, 9.17) is 5.73 Å².